The molecule has 0 bridgehead atoms. The van der Waals surface area contributed by atoms with Gasteiger partial charge in [-0.1, -0.05) is 48.0 Å². The van der Waals surface area contributed by atoms with E-state index in [9.17, 15) is 9.59 Å². The lowest BCUT2D eigenvalue weighted by molar-refractivity contribution is -0.133. The maximum Gasteiger partial charge on any atom is 0.254 e. The molecule has 3 aromatic rings. The number of halogens is 1. The molecule has 8 heteroatoms. The van der Waals surface area contributed by atoms with Gasteiger partial charge in [-0.25, -0.2) is 0 Å². The Labute approximate surface area is 223 Å². The molecule has 2 heterocycles. The molecular weight excluding hydrogens is 490 g/mol. The molecule has 0 radical (unpaired) electrons. The average molecular weight is 524 g/mol. The molecule has 0 atom stereocenters. The minimum atomic E-state index is -0.202. The van der Waals surface area contributed by atoms with Gasteiger partial charge in [-0.2, -0.15) is 0 Å². The molecule has 1 saturated heterocycles. The lowest BCUT2D eigenvalue weighted by Gasteiger charge is -2.30. The van der Waals surface area contributed by atoms with Crippen LogP contribution in [0.4, 0.5) is 0 Å². The normalized spacial score (nSPS) is 13.9. The summed E-state index contributed by atoms with van der Waals surface area (Å²) < 4.78 is 11.2. The van der Waals surface area contributed by atoms with E-state index in [0.29, 0.717) is 36.0 Å². The van der Waals surface area contributed by atoms with Crippen LogP contribution in [-0.4, -0.2) is 72.5 Å². The number of benzene rings is 2. The summed E-state index contributed by atoms with van der Waals surface area (Å²) >= 11 is 6.16. The van der Waals surface area contributed by atoms with E-state index < -0.39 is 0 Å². The maximum atomic E-state index is 13.7. The first kappa shape index (κ1) is 26.9. The molecule has 4 rings (SSSR count). The van der Waals surface area contributed by atoms with Gasteiger partial charge in [0.25, 0.3) is 5.91 Å². The highest BCUT2D eigenvalue weighted by molar-refractivity contribution is 6.31. The predicted octanol–water partition coefficient (Wildman–Crippen LogP) is 4.63. The third-order valence-corrected chi connectivity index (χ3v) is 6.64. The molecule has 0 N–H and O–H groups in total. The third-order valence-electron chi connectivity index (χ3n) is 6.40. The van der Waals surface area contributed by atoms with Gasteiger partial charge in [-0.15, -0.1) is 0 Å². The van der Waals surface area contributed by atoms with Gasteiger partial charge in [-0.05, 0) is 49.2 Å². The van der Waals surface area contributed by atoms with Crippen LogP contribution >= 0.6 is 11.6 Å². The van der Waals surface area contributed by atoms with Crippen LogP contribution in [0.3, 0.4) is 0 Å². The molecule has 0 saturated carbocycles. The number of nitrogens with zero attached hydrogens (tertiary/aromatic N) is 3. The Morgan fingerprint density at radius 1 is 0.946 bits per heavy atom. The van der Waals surface area contributed by atoms with Crippen molar-refractivity contribution >= 4 is 23.4 Å². The topological polar surface area (TPSA) is 66.2 Å². The molecule has 2 amide bonds. The van der Waals surface area contributed by atoms with E-state index in [1.54, 1.807) is 34.1 Å². The Balaban J connectivity index is 1.49. The number of hydrogen-bond acceptors (Lipinski definition) is 5. The van der Waals surface area contributed by atoms with E-state index in [0.717, 1.165) is 50.6 Å². The molecule has 1 aromatic heterocycles. The summed E-state index contributed by atoms with van der Waals surface area (Å²) in [4.78, 5) is 32.9. The monoisotopic (exact) mass is 523 g/mol. The first-order valence-electron chi connectivity index (χ1n) is 12.7. The Morgan fingerprint density at radius 2 is 1.73 bits per heavy atom. The van der Waals surface area contributed by atoms with Gasteiger partial charge in [0, 0.05) is 43.3 Å². The number of carbonyl (C=O) groups is 2. The van der Waals surface area contributed by atoms with Crippen LogP contribution in [0, 0.1) is 6.92 Å². The van der Waals surface area contributed by atoms with Gasteiger partial charge >= 0.3 is 0 Å². The smallest absolute Gasteiger partial charge is 0.254 e. The van der Waals surface area contributed by atoms with Crippen LogP contribution < -0.4 is 0 Å². The number of rotatable bonds is 11. The molecular formula is C29H34ClN3O4. The second-order valence-electron chi connectivity index (χ2n) is 9.29. The number of morpholine rings is 1. The van der Waals surface area contributed by atoms with Crippen molar-refractivity contribution in [1.82, 2.24) is 14.7 Å². The Bertz CT molecular complexity index is 1160. The number of carbonyl (C=O) groups excluding carboxylic acids is 2. The van der Waals surface area contributed by atoms with E-state index in [1.165, 1.54) is 0 Å². The summed E-state index contributed by atoms with van der Waals surface area (Å²) in [5.74, 6) is 1.16. The van der Waals surface area contributed by atoms with E-state index in [4.69, 9.17) is 20.8 Å². The van der Waals surface area contributed by atoms with Crippen molar-refractivity contribution in [2.45, 2.75) is 26.4 Å². The molecule has 37 heavy (non-hydrogen) atoms. The highest BCUT2D eigenvalue weighted by Gasteiger charge is 2.24. The quantitative estimate of drug-likeness (QED) is 0.366. The molecule has 0 spiro atoms. The number of hydrogen-bond donors (Lipinski definition) is 0. The van der Waals surface area contributed by atoms with Crippen molar-refractivity contribution in [3.05, 3.63) is 94.4 Å². The van der Waals surface area contributed by atoms with Gasteiger partial charge < -0.3 is 19.0 Å². The van der Waals surface area contributed by atoms with Gasteiger partial charge in [0.15, 0.2) is 0 Å². The second kappa shape index (κ2) is 13.4. The lowest BCUT2D eigenvalue weighted by atomic mass is 10.1. The van der Waals surface area contributed by atoms with Crippen LogP contribution in [0.25, 0.3) is 0 Å². The molecule has 1 fully saturated rings. The van der Waals surface area contributed by atoms with E-state index in [-0.39, 0.29) is 18.4 Å². The SMILES string of the molecule is Cc1ccc(CN(Cc2ccccc2)C(=O)CN(CCCN2CCOCC2)C(=O)c2cccc(Cl)c2)o1. The fourth-order valence-corrected chi connectivity index (χ4v) is 4.61. The Kier molecular flexibility index (Phi) is 9.77. The highest BCUT2D eigenvalue weighted by atomic mass is 35.5. The third kappa shape index (κ3) is 8.18. The van der Waals surface area contributed by atoms with Crippen molar-refractivity contribution in [3.8, 4) is 0 Å². The molecule has 196 valence electrons. The van der Waals surface area contributed by atoms with Crippen LogP contribution in [0.5, 0.6) is 0 Å². The summed E-state index contributed by atoms with van der Waals surface area (Å²) in [5, 5.41) is 0.490. The van der Waals surface area contributed by atoms with E-state index >= 15 is 0 Å². The zero-order chi connectivity index (χ0) is 26.0. The highest BCUT2D eigenvalue weighted by Crippen LogP contribution is 2.16. The molecule has 2 aromatic carbocycles. The number of amides is 2. The van der Waals surface area contributed by atoms with Crippen LogP contribution in [0.2, 0.25) is 5.02 Å². The van der Waals surface area contributed by atoms with E-state index in [1.807, 2.05) is 49.4 Å². The average Bonchev–Trinajstić information content (AvgIpc) is 3.33. The second-order valence-corrected chi connectivity index (χ2v) is 9.73. The maximum absolute atomic E-state index is 13.7. The van der Waals surface area contributed by atoms with Gasteiger partial charge in [0.05, 0.1) is 19.8 Å². The summed E-state index contributed by atoms with van der Waals surface area (Å²) in [6, 6.07) is 20.5. The van der Waals surface area contributed by atoms with Gasteiger partial charge in [0.2, 0.25) is 5.91 Å². The van der Waals surface area contributed by atoms with Crippen LogP contribution in [-0.2, 0) is 22.6 Å². The molecule has 0 aliphatic carbocycles. The summed E-state index contributed by atoms with van der Waals surface area (Å²) in [6.45, 7) is 7.14. The van der Waals surface area contributed by atoms with Gasteiger partial charge in [-0.3, -0.25) is 14.5 Å². The Morgan fingerprint density at radius 3 is 2.43 bits per heavy atom. The summed E-state index contributed by atoms with van der Waals surface area (Å²) in [6.07, 6.45) is 0.760. The fraction of sp³-hybridized carbons (Fsp3) is 0.379. The number of aryl methyl sites for hydroxylation is 1. The molecule has 7 nitrogen and oxygen atoms in total. The zero-order valence-corrected chi connectivity index (χ0v) is 22.0. The van der Waals surface area contributed by atoms with Crippen LogP contribution in [0.1, 0.15) is 33.9 Å². The van der Waals surface area contributed by atoms with Crippen molar-refractivity contribution < 1.29 is 18.7 Å². The fourth-order valence-electron chi connectivity index (χ4n) is 4.42. The largest absolute Gasteiger partial charge is 0.464 e. The molecule has 1 aliphatic rings. The van der Waals surface area contributed by atoms with Crippen molar-refractivity contribution in [2.75, 3.05) is 45.9 Å². The number of ether oxygens (including phenoxy) is 1. The first-order valence-corrected chi connectivity index (χ1v) is 13.1. The van der Waals surface area contributed by atoms with Crippen molar-refractivity contribution in [3.63, 3.8) is 0 Å². The van der Waals surface area contributed by atoms with Crippen molar-refractivity contribution in [2.24, 2.45) is 0 Å². The summed E-state index contributed by atoms with van der Waals surface area (Å²) in [5.41, 5.74) is 1.49. The molecule has 0 unspecified atom stereocenters. The van der Waals surface area contributed by atoms with Gasteiger partial charge in [0.1, 0.15) is 18.1 Å². The lowest BCUT2D eigenvalue weighted by Crippen LogP contribution is -2.44. The van der Waals surface area contributed by atoms with Crippen molar-refractivity contribution in [1.29, 1.82) is 0 Å². The van der Waals surface area contributed by atoms with Crippen LogP contribution in [0.15, 0.2) is 71.1 Å². The van der Waals surface area contributed by atoms with E-state index in [2.05, 4.69) is 4.90 Å². The first-order chi connectivity index (χ1) is 18.0. The predicted molar refractivity (Wildman–Crippen MR) is 143 cm³/mol. The minimum Gasteiger partial charge on any atom is -0.464 e. The standard InChI is InChI=1S/C29H34ClN3O4/c1-23-11-12-27(37-23)21-33(20-24-7-3-2-4-8-24)28(34)22-32(14-6-13-31-15-17-36-18-16-31)29(35)25-9-5-10-26(30)19-25/h2-5,7-12,19H,6,13-18,20-22H2,1H3. The minimum absolute atomic E-state index is 0.0268. The number of furan rings is 1. The molecule has 1 aliphatic heterocycles. The Hall–Kier alpha value is -3.13. The zero-order valence-electron chi connectivity index (χ0n) is 21.3. The summed E-state index contributed by atoms with van der Waals surface area (Å²) in [7, 11) is 0.